The van der Waals surface area contributed by atoms with Gasteiger partial charge < -0.3 is 4.57 Å². The van der Waals surface area contributed by atoms with Crippen molar-refractivity contribution in [2.45, 2.75) is 25.3 Å². The van der Waals surface area contributed by atoms with Gasteiger partial charge in [-0.2, -0.15) is 0 Å². The Kier molecular flexibility index (Phi) is 4.95. The van der Waals surface area contributed by atoms with Crippen molar-refractivity contribution in [3.8, 4) is 0 Å². The maximum absolute atomic E-state index is 12.6. The van der Waals surface area contributed by atoms with Gasteiger partial charge in [0.2, 0.25) is 0 Å². The molecule has 1 heterocycles. The summed E-state index contributed by atoms with van der Waals surface area (Å²) >= 11 is 0. The number of nitrogens with one attached hydrogen (secondary N) is 1. The highest BCUT2D eigenvalue weighted by atomic mass is 32.2. The van der Waals surface area contributed by atoms with E-state index in [1.807, 2.05) is 13.0 Å². The Morgan fingerprint density at radius 2 is 1.69 bits per heavy atom. The zero-order chi connectivity index (χ0) is 18.7. The van der Waals surface area contributed by atoms with E-state index in [2.05, 4.69) is 4.72 Å². The van der Waals surface area contributed by atoms with Crippen LogP contribution in [0.3, 0.4) is 0 Å². The molecule has 3 aromatic rings. The smallest absolute Gasteiger partial charge is 0.262 e. The molecule has 0 atom stereocenters. The van der Waals surface area contributed by atoms with Gasteiger partial charge in [-0.15, -0.1) is 0 Å². The highest BCUT2D eigenvalue weighted by Crippen LogP contribution is 2.21. The minimum Gasteiger partial charge on any atom is -0.311 e. The van der Waals surface area contributed by atoms with Gasteiger partial charge in [0.05, 0.1) is 11.4 Å². The van der Waals surface area contributed by atoms with Crippen LogP contribution in [0.2, 0.25) is 0 Å². The number of benzene rings is 2. The molecule has 3 rings (SSSR count). The first-order valence-corrected chi connectivity index (χ1v) is 9.68. The van der Waals surface area contributed by atoms with E-state index in [0.717, 1.165) is 11.1 Å². The van der Waals surface area contributed by atoms with Gasteiger partial charge in [0, 0.05) is 18.0 Å². The van der Waals surface area contributed by atoms with Crippen molar-refractivity contribution in [1.82, 2.24) is 4.57 Å². The highest BCUT2D eigenvalue weighted by Gasteiger charge is 2.17. The van der Waals surface area contributed by atoms with Gasteiger partial charge in [-0.1, -0.05) is 30.3 Å². The molecule has 1 aromatic heterocycles. The molecule has 0 unspecified atom stereocenters. The Balaban J connectivity index is 1.80. The molecule has 0 saturated carbocycles. The summed E-state index contributed by atoms with van der Waals surface area (Å²) in [7, 11) is -3.65. The summed E-state index contributed by atoms with van der Waals surface area (Å²) in [5.74, 6) is 0. The molecule has 0 saturated heterocycles. The Morgan fingerprint density at radius 1 is 0.962 bits per heavy atom. The van der Waals surface area contributed by atoms with Gasteiger partial charge in [0.15, 0.2) is 0 Å². The van der Waals surface area contributed by atoms with E-state index in [-0.39, 0.29) is 10.5 Å². The molecule has 2 aromatic carbocycles. The molecule has 0 spiro atoms. The van der Waals surface area contributed by atoms with Gasteiger partial charge >= 0.3 is 0 Å². The van der Waals surface area contributed by atoms with E-state index in [0.29, 0.717) is 17.8 Å². The Hall–Kier alpha value is -2.86. The fraction of sp³-hybridized carbons (Fsp3) is 0.150. The molecule has 0 amide bonds. The van der Waals surface area contributed by atoms with Crippen LogP contribution in [0.15, 0.2) is 76.6 Å². The summed E-state index contributed by atoms with van der Waals surface area (Å²) < 4.78 is 29.5. The van der Waals surface area contributed by atoms with Gasteiger partial charge in [-0.25, -0.2) is 8.42 Å². The second-order valence-corrected chi connectivity index (χ2v) is 7.89. The van der Waals surface area contributed by atoms with E-state index in [9.17, 15) is 13.2 Å². The maximum Gasteiger partial charge on any atom is 0.262 e. The van der Waals surface area contributed by atoms with Crippen molar-refractivity contribution in [2.75, 3.05) is 4.72 Å². The van der Waals surface area contributed by atoms with Crippen molar-refractivity contribution in [3.05, 3.63) is 93.9 Å². The third-order valence-electron chi connectivity index (χ3n) is 4.09. The Morgan fingerprint density at radius 3 is 2.38 bits per heavy atom. The molecule has 0 aliphatic carbocycles. The third-order valence-corrected chi connectivity index (χ3v) is 5.61. The number of nitrogens with zero attached hydrogens (tertiary/aromatic N) is 1. The normalized spacial score (nSPS) is 11.3. The van der Waals surface area contributed by atoms with Crippen LogP contribution in [-0.4, -0.2) is 13.0 Å². The number of sulfonamides is 1. The van der Waals surface area contributed by atoms with Crippen molar-refractivity contribution in [2.24, 2.45) is 0 Å². The fourth-order valence-electron chi connectivity index (χ4n) is 2.67. The SMILES string of the molecule is Cc1ccc(C)c(S(=O)(=O)Nc2ccc(Cn3ccccc3=O)cc2)c1. The van der Waals surface area contributed by atoms with Gasteiger partial charge in [-0.05, 0) is 54.8 Å². The van der Waals surface area contributed by atoms with Crippen molar-refractivity contribution >= 4 is 15.7 Å². The zero-order valence-electron chi connectivity index (χ0n) is 14.6. The van der Waals surface area contributed by atoms with Crippen LogP contribution in [0.4, 0.5) is 5.69 Å². The molecule has 0 aliphatic heterocycles. The molecular formula is C20H20N2O3S. The average molecular weight is 368 g/mol. The fourth-order valence-corrected chi connectivity index (χ4v) is 4.06. The minimum atomic E-state index is -3.65. The lowest BCUT2D eigenvalue weighted by atomic mass is 10.2. The van der Waals surface area contributed by atoms with E-state index in [1.165, 1.54) is 6.07 Å². The third kappa shape index (κ3) is 4.03. The molecular weight excluding hydrogens is 348 g/mol. The van der Waals surface area contributed by atoms with E-state index in [4.69, 9.17) is 0 Å². The van der Waals surface area contributed by atoms with Crippen LogP contribution in [0, 0.1) is 13.8 Å². The van der Waals surface area contributed by atoms with Crippen molar-refractivity contribution in [3.63, 3.8) is 0 Å². The lowest BCUT2D eigenvalue weighted by Gasteiger charge is -2.12. The predicted molar refractivity (Wildman–Crippen MR) is 103 cm³/mol. The van der Waals surface area contributed by atoms with Crippen molar-refractivity contribution in [1.29, 1.82) is 0 Å². The number of hydrogen-bond acceptors (Lipinski definition) is 3. The average Bonchev–Trinajstić information content (AvgIpc) is 2.60. The Bertz CT molecular complexity index is 1080. The molecule has 5 nitrogen and oxygen atoms in total. The second kappa shape index (κ2) is 7.17. The number of pyridine rings is 1. The van der Waals surface area contributed by atoms with Crippen LogP contribution < -0.4 is 10.3 Å². The van der Waals surface area contributed by atoms with E-state index < -0.39 is 10.0 Å². The lowest BCUT2D eigenvalue weighted by Crippen LogP contribution is -2.18. The quantitative estimate of drug-likeness (QED) is 0.751. The number of rotatable bonds is 5. The molecule has 6 heteroatoms. The lowest BCUT2D eigenvalue weighted by molar-refractivity contribution is 0.600. The van der Waals surface area contributed by atoms with Crippen LogP contribution in [0.5, 0.6) is 0 Å². The van der Waals surface area contributed by atoms with E-state index >= 15 is 0 Å². The second-order valence-electron chi connectivity index (χ2n) is 6.24. The molecule has 0 bridgehead atoms. The summed E-state index contributed by atoms with van der Waals surface area (Å²) in [6, 6.07) is 17.4. The molecule has 134 valence electrons. The largest absolute Gasteiger partial charge is 0.311 e. The van der Waals surface area contributed by atoms with Gasteiger partial charge in [0.25, 0.3) is 15.6 Å². The van der Waals surface area contributed by atoms with E-state index in [1.54, 1.807) is 66.2 Å². The van der Waals surface area contributed by atoms with Crippen LogP contribution in [-0.2, 0) is 16.6 Å². The monoisotopic (exact) mass is 368 g/mol. The number of hydrogen-bond donors (Lipinski definition) is 1. The number of anilines is 1. The van der Waals surface area contributed by atoms with Gasteiger partial charge in [-0.3, -0.25) is 9.52 Å². The molecule has 0 fully saturated rings. The first-order valence-electron chi connectivity index (χ1n) is 8.20. The maximum atomic E-state index is 12.6. The minimum absolute atomic E-state index is 0.0767. The predicted octanol–water partition coefficient (Wildman–Crippen LogP) is 3.31. The summed E-state index contributed by atoms with van der Waals surface area (Å²) in [5.41, 5.74) is 2.90. The van der Waals surface area contributed by atoms with Crippen LogP contribution >= 0.6 is 0 Å². The van der Waals surface area contributed by atoms with Crippen LogP contribution in [0.1, 0.15) is 16.7 Å². The van der Waals surface area contributed by atoms with Crippen LogP contribution in [0.25, 0.3) is 0 Å². The number of aromatic nitrogens is 1. The first kappa shape index (κ1) is 17.9. The van der Waals surface area contributed by atoms with Gasteiger partial charge in [0.1, 0.15) is 0 Å². The molecule has 1 N–H and O–H groups in total. The molecule has 0 aliphatic rings. The molecule has 26 heavy (non-hydrogen) atoms. The summed E-state index contributed by atoms with van der Waals surface area (Å²) in [4.78, 5) is 12.0. The highest BCUT2D eigenvalue weighted by molar-refractivity contribution is 7.92. The first-order chi connectivity index (χ1) is 12.3. The zero-order valence-corrected chi connectivity index (χ0v) is 15.5. The Labute approximate surface area is 153 Å². The standard InChI is InChI=1S/C20H20N2O3S/c1-15-6-7-16(2)19(13-15)26(24,25)21-18-10-8-17(9-11-18)14-22-12-4-3-5-20(22)23/h3-13,21H,14H2,1-2H3. The summed E-state index contributed by atoms with van der Waals surface area (Å²) in [6.45, 7) is 4.07. The number of aryl methyl sites for hydroxylation is 2. The van der Waals surface area contributed by atoms with Crippen molar-refractivity contribution < 1.29 is 8.42 Å². The summed E-state index contributed by atoms with van der Waals surface area (Å²) in [6.07, 6.45) is 1.72. The summed E-state index contributed by atoms with van der Waals surface area (Å²) in [5, 5.41) is 0. The molecule has 0 radical (unpaired) electrons. The topological polar surface area (TPSA) is 68.2 Å².